The van der Waals surface area contributed by atoms with Crippen molar-refractivity contribution in [3.63, 3.8) is 0 Å². The third-order valence-electron chi connectivity index (χ3n) is 4.57. The number of rotatable bonds is 6. The van der Waals surface area contributed by atoms with E-state index in [2.05, 4.69) is 15.0 Å². The quantitative estimate of drug-likeness (QED) is 0.780. The molecule has 2 N–H and O–H groups in total. The molecule has 152 valence electrons. The van der Waals surface area contributed by atoms with Crippen molar-refractivity contribution in [1.82, 2.24) is 10.2 Å². The number of para-hydroxylation sites is 1. The van der Waals surface area contributed by atoms with Crippen molar-refractivity contribution < 1.29 is 27.8 Å². The number of alkyl halides is 3. The van der Waals surface area contributed by atoms with Crippen LogP contribution in [0.3, 0.4) is 0 Å². The number of hydrogen-bond donors (Lipinski definition) is 2. The van der Waals surface area contributed by atoms with E-state index in [1.807, 2.05) is 13.0 Å². The molecule has 8 heteroatoms. The largest absolute Gasteiger partial charge is 0.573 e. The van der Waals surface area contributed by atoms with Gasteiger partial charge in [0.15, 0.2) is 11.5 Å². The van der Waals surface area contributed by atoms with E-state index in [1.165, 1.54) is 12.1 Å². The number of ether oxygens (including phenoxy) is 2. The van der Waals surface area contributed by atoms with Gasteiger partial charge in [-0.1, -0.05) is 24.3 Å². The second kappa shape index (κ2) is 8.70. The van der Waals surface area contributed by atoms with Crippen LogP contribution in [0.25, 0.3) is 0 Å². The molecule has 0 unspecified atom stereocenters. The van der Waals surface area contributed by atoms with Crippen molar-refractivity contribution in [2.45, 2.75) is 19.3 Å². The predicted molar refractivity (Wildman–Crippen MR) is 98.7 cm³/mol. The highest BCUT2D eigenvalue weighted by atomic mass is 19.4. The molecule has 1 heterocycles. The standard InChI is InChI=1S/C20H23F3N2O3/c1-2-27-17-5-3-4-16(19(17)26)18(25-12-10-24-11-13-25)14-6-8-15(9-7-14)28-20(21,22)23/h3-9,18,24,26H,2,10-13H2,1H3/t18-/m1/s1. The van der Waals surface area contributed by atoms with E-state index in [-0.39, 0.29) is 17.5 Å². The van der Waals surface area contributed by atoms with Gasteiger partial charge in [0, 0.05) is 31.7 Å². The lowest BCUT2D eigenvalue weighted by Crippen LogP contribution is -2.45. The topological polar surface area (TPSA) is 54.0 Å². The average Bonchev–Trinajstić information content (AvgIpc) is 2.66. The SMILES string of the molecule is CCOc1cccc([C@@H](c2ccc(OC(F)(F)F)cc2)N2CCNCC2)c1O. The minimum absolute atomic E-state index is 0.0449. The van der Waals surface area contributed by atoms with E-state index >= 15 is 0 Å². The maximum absolute atomic E-state index is 12.4. The Morgan fingerprint density at radius 1 is 1.11 bits per heavy atom. The Kier molecular flexibility index (Phi) is 6.31. The second-order valence-corrected chi connectivity index (χ2v) is 6.43. The molecule has 0 aliphatic carbocycles. The van der Waals surface area contributed by atoms with E-state index in [4.69, 9.17) is 4.74 Å². The molecule has 2 aromatic carbocycles. The average molecular weight is 396 g/mol. The van der Waals surface area contributed by atoms with E-state index in [0.29, 0.717) is 17.9 Å². The molecule has 0 aromatic heterocycles. The summed E-state index contributed by atoms with van der Waals surface area (Å²) in [6, 6.07) is 10.8. The van der Waals surface area contributed by atoms with Crippen LogP contribution >= 0.6 is 0 Å². The van der Waals surface area contributed by atoms with Gasteiger partial charge in [-0.05, 0) is 30.7 Å². The van der Waals surface area contributed by atoms with E-state index < -0.39 is 6.36 Å². The van der Waals surface area contributed by atoms with Gasteiger partial charge < -0.3 is 19.9 Å². The number of hydrogen-bond acceptors (Lipinski definition) is 5. The molecule has 0 radical (unpaired) electrons. The van der Waals surface area contributed by atoms with Crippen LogP contribution < -0.4 is 14.8 Å². The van der Waals surface area contributed by atoms with Gasteiger partial charge in [0.05, 0.1) is 12.6 Å². The number of piperazine rings is 1. The summed E-state index contributed by atoms with van der Waals surface area (Å²) in [4.78, 5) is 2.18. The van der Waals surface area contributed by atoms with Gasteiger partial charge in [0.2, 0.25) is 0 Å². The van der Waals surface area contributed by atoms with Crippen molar-refractivity contribution in [1.29, 1.82) is 0 Å². The van der Waals surface area contributed by atoms with Gasteiger partial charge in [-0.15, -0.1) is 13.2 Å². The summed E-state index contributed by atoms with van der Waals surface area (Å²) in [6.45, 7) is 5.31. The summed E-state index contributed by atoms with van der Waals surface area (Å²) in [6.07, 6.45) is -4.73. The number of nitrogens with one attached hydrogen (secondary N) is 1. The molecular weight excluding hydrogens is 373 g/mol. The van der Waals surface area contributed by atoms with Crippen molar-refractivity contribution in [3.8, 4) is 17.2 Å². The molecule has 0 bridgehead atoms. The predicted octanol–water partition coefficient (Wildman–Crippen LogP) is 3.68. The molecule has 1 atom stereocenters. The zero-order valence-electron chi connectivity index (χ0n) is 15.5. The summed E-state index contributed by atoms with van der Waals surface area (Å²) >= 11 is 0. The molecule has 1 aliphatic heterocycles. The second-order valence-electron chi connectivity index (χ2n) is 6.43. The fraction of sp³-hybridized carbons (Fsp3) is 0.400. The molecular formula is C20H23F3N2O3. The van der Waals surface area contributed by atoms with Crippen molar-refractivity contribution in [3.05, 3.63) is 53.6 Å². The van der Waals surface area contributed by atoms with Gasteiger partial charge in [-0.25, -0.2) is 0 Å². The maximum atomic E-state index is 12.4. The van der Waals surface area contributed by atoms with Crippen LogP contribution in [0.4, 0.5) is 13.2 Å². The van der Waals surface area contributed by atoms with Crippen LogP contribution in [-0.2, 0) is 0 Å². The maximum Gasteiger partial charge on any atom is 0.573 e. The minimum Gasteiger partial charge on any atom is -0.504 e. The molecule has 2 aromatic rings. The molecule has 1 saturated heterocycles. The highest BCUT2D eigenvalue weighted by Crippen LogP contribution is 2.40. The van der Waals surface area contributed by atoms with Crippen LogP contribution in [0.5, 0.6) is 17.2 Å². The van der Waals surface area contributed by atoms with Gasteiger partial charge >= 0.3 is 6.36 Å². The van der Waals surface area contributed by atoms with Gasteiger partial charge in [-0.2, -0.15) is 0 Å². The third kappa shape index (κ3) is 4.88. The molecule has 1 fully saturated rings. The molecule has 0 spiro atoms. The van der Waals surface area contributed by atoms with Gasteiger partial charge in [0.1, 0.15) is 5.75 Å². The lowest BCUT2D eigenvalue weighted by atomic mass is 9.95. The Balaban J connectivity index is 1.97. The smallest absolute Gasteiger partial charge is 0.504 e. The lowest BCUT2D eigenvalue weighted by Gasteiger charge is -2.36. The summed E-state index contributed by atoms with van der Waals surface area (Å²) in [5.41, 5.74) is 1.41. The number of aromatic hydroxyl groups is 1. The Morgan fingerprint density at radius 2 is 1.79 bits per heavy atom. The minimum atomic E-state index is -4.73. The first kappa shape index (κ1) is 20.3. The summed E-state index contributed by atoms with van der Waals surface area (Å²) in [7, 11) is 0. The first-order valence-corrected chi connectivity index (χ1v) is 9.14. The summed E-state index contributed by atoms with van der Waals surface area (Å²) in [5.74, 6) is 0.156. The van der Waals surface area contributed by atoms with Gasteiger partial charge in [-0.3, -0.25) is 4.90 Å². The number of nitrogens with zero attached hydrogens (tertiary/aromatic N) is 1. The number of benzene rings is 2. The lowest BCUT2D eigenvalue weighted by molar-refractivity contribution is -0.274. The molecule has 1 aliphatic rings. The van der Waals surface area contributed by atoms with Crippen molar-refractivity contribution >= 4 is 0 Å². The van der Waals surface area contributed by atoms with Crippen LogP contribution in [0.2, 0.25) is 0 Å². The third-order valence-corrected chi connectivity index (χ3v) is 4.57. The first-order valence-electron chi connectivity index (χ1n) is 9.14. The zero-order valence-corrected chi connectivity index (χ0v) is 15.5. The van der Waals surface area contributed by atoms with E-state index in [9.17, 15) is 18.3 Å². The summed E-state index contributed by atoms with van der Waals surface area (Å²) in [5, 5.41) is 14.0. The fourth-order valence-electron chi connectivity index (χ4n) is 3.41. The molecule has 0 amide bonds. The monoisotopic (exact) mass is 396 g/mol. The van der Waals surface area contributed by atoms with Crippen LogP contribution in [0, 0.1) is 0 Å². The van der Waals surface area contributed by atoms with Crippen LogP contribution in [-0.4, -0.2) is 49.2 Å². The summed E-state index contributed by atoms with van der Waals surface area (Å²) < 4.78 is 46.8. The van der Waals surface area contributed by atoms with Crippen molar-refractivity contribution in [2.75, 3.05) is 32.8 Å². The van der Waals surface area contributed by atoms with Crippen LogP contribution in [0.15, 0.2) is 42.5 Å². The Morgan fingerprint density at radius 3 is 2.39 bits per heavy atom. The highest BCUT2D eigenvalue weighted by Gasteiger charge is 2.32. The molecule has 5 nitrogen and oxygen atoms in total. The first-order chi connectivity index (χ1) is 13.4. The fourth-order valence-corrected chi connectivity index (χ4v) is 3.41. The molecule has 3 rings (SSSR count). The Hall–Kier alpha value is -2.45. The Bertz CT molecular complexity index is 775. The molecule has 28 heavy (non-hydrogen) atoms. The Labute approximate surface area is 161 Å². The zero-order chi connectivity index (χ0) is 20.1. The van der Waals surface area contributed by atoms with E-state index in [0.717, 1.165) is 31.7 Å². The highest BCUT2D eigenvalue weighted by molar-refractivity contribution is 5.50. The number of phenols is 1. The number of halogens is 3. The van der Waals surface area contributed by atoms with Crippen molar-refractivity contribution in [2.24, 2.45) is 0 Å². The van der Waals surface area contributed by atoms with Gasteiger partial charge in [0.25, 0.3) is 0 Å². The van der Waals surface area contributed by atoms with Crippen LogP contribution in [0.1, 0.15) is 24.1 Å². The van der Waals surface area contributed by atoms with E-state index in [1.54, 1.807) is 24.3 Å². The number of phenolic OH excluding ortho intramolecular Hbond substituents is 1. The molecule has 0 saturated carbocycles. The normalized spacial score (nSPS) is 16.6.